The zero-order valence-corrected chi connectivity index (χ0v) is 11.8. The molecule has 0 saturated heterocycles. The van der Waals surface area contributed by atoms with Crippen molar-refractivity contribution in [3.8, 4) is 0 Å². The fourth-order valence-corrected chi connectivity index (χ4v) is 2.83. The van der Waals surface area contributed by atoms with Gasteiger partial charge >= 0.3 is 6.18 Å². The number of nitrogens with zero attached hydrogens (tertiary/aromatic N) is 3. The van der Waals surface area contributed by atoms with Gasteiger partial charge in [-0.2, -0.15) is 22.5 Å². The molecule has 2 N–H and O–H groups in total. The third-order valence-electron chi connectivity index (χ3n) is 3.21. The van der Waals surface area contributed by atoms with Crippen LogP contribution in [0.2, 0.25) is 0 Å². The molecule has 3 rings (SSSR count). The normalized spacial score (nSPS) is 15.2. The number of nitrogens with two attached hydrogens (primary N) is 1. The van der Waals surface area contributed by atoms with Gasteiger partial charge in [0.05, 0.1) is 0 Å². The number of hydrogen-bond acceptors (Lipinski definition) is 5. The molecule has 1 heterocycles. The van der Waals surface area contributed by atoms with Crippen LogP contribution in [0.25, 0.3) is 0 Å². The summed E-state index contributed by atoms with van der Waals surface area (Å²) in [6, 6.07) is 7.56. The van der Waals surface area contributed by atoms with Crippen molar-refractivity contribution < 1.29 is 13.2 Å². The van der Waals surface area contributed by atoms with Crippen LogP contribution < -0.4 is 10.6 Å². The second-order valence-electron chi connectivity index (χ2n) is 5.00. The monoisotopic (exact) mass is 314 g/mol. The summed E-state index contributed by atoms with van der Waals surface area (Å²) < 4.78 is 41.2. The molecule has 1 saturated carbocycles. The summed E-state index contributed by atoms with van der Waals surface area (Å²) in [6.45, 7) is 0.488. The fraction of sp³-hybridized carbons (Fsp3) is 0.385. The maximum atomic E-state index is 12.6. The molecule has 112 valence electrons. The molecule has 0 radical (unpaired) electrons. The number of alkyl halides is 3. The molecule has 1 aromatic carbocycles. The van der Waals surface area contributed by atoms with E-state index < -0.39 is 12.0 Å². The zero-order valence-electron chi connectivity index (χ0n) is 11.0. The predicted octanol–water partition coefficient (Wildman–Crippen LogP) is 3.31. The van der Waals surface area contributed by atoms with Crippen molar-refractivity contribution in [1.29, 1.82) is 0 Å². The van der Waals surface area contributed by atoms with Gasteiger partial charge < -0.3 is 10.6 Å². The highest BCUT2D eigenvalue weighted by atomic mass is 32.1. The van der Waals surface area contributed by atoms with E-state index in [0.29, 0.717) is 17.4 Å². The number of aromatic nitrogens is 2. The van der Waals surface area contributed by atoms with E-state index in [4.69, 9.17) is 5.73 Å². The molecule has 0 atom stereocenters. The minimum absolute atomic E-state index is 0.237. The van der Waals surface area contributed by atoms with E-state index in [0.717, 1.165) is 29.9 Å². The Morgan fingerprint density at radius 2 is 2.10 bits per heavy atom. The predicted molar refractivity (Wildman–Crippen MR) is 75.0 cm³/mol. The second-order valence-corrected chi connectivity index (χ2v) is 5.73. The zero-order chi connectivity index (χ0) is 15.0. The van der Waals surface area contributed by atoms with Crippen LogP contribution >= 0.6 is 11.5 Å². The molecule has 1 aliphatic rings. The summed E-state index contributed by atoms with van der Waals surface area (Å²) in [7, 11) is 0. The smallest absolute Gasteiger partial charge is 0.399 e. The van der Waals surface area contributed by atoms with E-state index in [2.05, 4.69) is 9.36 Å². The molecule has 0 aliphatic heterocycles. The molecule has 4 nitrogen and oxygen atoms in total. The number of rotatable bonds is 4. The van der Waals surface area contributed by atoms with Crippen molar-refractivity contribution in [3.05, 3.63) is 35.7 Å². The summed E-state index contributed by atoms with van der Waals surface area (Å²) in [4.78, 5) is 5.52. The Balaban J connectivity index is 1.83. The van der Waals surface area contributed by atoms with E-state index in [9.17, 15) is 13.2 Å². The maximum absolute atomic E-state index is 12.6. The van der Waals surface area contributed by atoms with E-state index >= 15 is 0 Å². The Morgan fingerprint density at radius 1 is 1.33 bits per heavy atom. The highest BCUT2D eigenvalue weighted by Crippen LogP contribution is 2.36. The van der Waals surface area contributed by atoms with E-state index in [1.165, 1.54) is 0 Å². The van der Waals surface area contributed by atoms with Crippen LogP contribution in [0.3, 0.4) is 0 Å². The highest BCUT2D eigenvalue weighted by molar-refractivity contribution is 7.09. The van der Waals surface area contributed by atoms with E-state index in [1.54, 1.807) is 6.07 Å². The Labute approximate surface area is 123 Å². The molecule has 1 aromatic heterocycles. The summed E-state index contributed by atoms with van der Waals surface area (Å²) in [6.07, 6.45) is -2.58. The van der Waals surface area contributed by atoms with Crippen molar-refractivity contribution in [2.45, 2.75) is 31.6 Å². The van der Waals surface area contributed by atoms with Crippen LogP contribution in [0.5, 0.6) is 0 Å². The van der Waals surface area contributed by atoms with Crippen molar-refractivity contribution in [3.63, 3.8) is 0 Å². The summed E-state index contributed by atoms with van der Waals surface area (Å²) >= 11 is 0.790. The van der Waals surface area contributed by atoms with Crippen LogP contribution in [0.15, 0.2) is 24.3 Å². The molecule has 0 amide bonds. The van der Waals surface area contributed by atoms with Crippen LogP contribution in [0, 0.1) is 0 Å². The third-order valence-corrected chi connectivity index (χ3v) is 3.96. The van der Waals surface area contributed by atoms with Gasteiger partial charge in [-0.15, -0.1) is 0 Å². The van der Waals surface area contributed by atoms with Gasteiger partial charge in [-0.25, -0.2) is 0 Å². The Bertz CT molecular complexity index is 636. The first-order valence-corrected chi connectivity index (χ1v) is 7.23. The molecule has 1 aliphatic carbocycles. The lowest BCUT2D eigenvalue weighted by molar-refractivity contribution is -0.144. The number of nitrogen functional groups attached to an aromatic ring is 1. The van der Waals surface area contributed by atoms with Crippen LogP contribution in [0.1, 0.15) is 24.2 Å². The van der Waals surface area contributed by atoms with Crippen LogP contribution in [0.4, 0.5) is 24.0 Å². The van der Waals surface area contributed by atoms with Crippen LogP contribution in [-0.2, 0) is 12.7 Å². The molecule has 2 aromatic rings. The average Bonchev–Trinajstić information content (AvgIpc) is 3.11. The molecular formula is C13H13F3N4S. The maximum Gasteiger partial charge on any atom is 0.452 e. The Kier molecular flexibility index (Phi) is 3.48. The average molecular weight is 314 g/mol. The van der Waals surface area contributed by atoms with Gasteiger partial charge in [-0.1, -0.05) is 12.1 Å². The molecular weight excluding hydrogens is 301 g/mol. The summed E-state index contributed by atoms with van der Waals surface area (Å²) in [5.74, 6) is -1.07. The van der Waals surface area contributed by atoms with Crippen LogP contribution in [-0.4, -0.2) is 15.4 Å². The highest BCUT2D eigenvalue weighted by Gasteiger charge is 2.38. The van der Waals surface area contributed by atoms with Crippen molar-refractivity contribution >= 4 is 22.4 Å². The topological polar surface area (TPSA) is 55.0 Å². The Morgan fingerprint density at radius 3 is 2.67 bits per heavy atom. The lowest BCUT2D eigenvalue weighted by Gasteiger charge is -2.21. The minimum Gasteiger partial charge on any atom is -0.399 e. The van der Waals surface area contributed by atoms with Crippen molar-refractivity contribution in [2.24, 2.45) is 0 Å². The third kappa shape index (κ3) is 3.26. The summed E-state index contributed by atoms with van der Waals surface area (Å²) in [5.41, 5.74) is 7.32. The van der Waals surface area contributed by atoms with Gasteiger partial charge in [0.1, 0.15) is 0 Å². The number of anilines is 2. The number of benzene rings is 1. The summed E-state index contributed by atoms with van der Waals surface area (Å²) in [5, 5.41) is 0.312. The lowest BCUT2D eigenvalue weighted by Crippen LogP contribution is -2.25. The molecule has 8 heteroatoms. The standard InChI is InChI=1S/C13H13F3N4S/c14-13(15,16)11-18-12(21-19-11)20(10-4-5-10)7-8-2-1-3-9(17)6-8/h1-3,6,10H,4-5,7,17H2. The van der Waals surface area contributed by atoms with E-state index in [1.807, 2.05) is 23.1 Å². The minimum atomic E-state index is -4.50. The Hall–Kier alpha value is -1.83. The van der Waals surface area contributed by atoms with Gasteiger partial charge in [-0.05, 0) is 30.5 Å². The molecule has 21 heavy (non-hydrogen) atoms. The van der Waals surface area contributed by atoms with E-state index in [-0.39, 0.29) is 6.04 Å². The largest absolute Gasteiger partial charge is 0.452 e. The second kappa shape index (κ2) is 5.18. The van der Waals surface area contributed by atoms with Gasteiger partial charge in [0.15, 0.2) is 0 Å². The van der Waals surface area contributed by atoms with Crippen molar-refractivity contribution in [2.75, 3.05) is 10.6 Å². The van der Waals surface area contributed by atoms with Crippen molar-refractivity contribution in [1.82, 2.24) is 9.36 Å². The first kappa shape index (κ1) is 14.1. The molecule has 0 spiro atoms. The number of hydrogen-bond donors (Lipinski definition) is 1. The van der Waals surface area contributed by atoms with Gasteiger partial charge in [0.25, 0.3) is 0 Å². The first-order valence-electron chi connectivity index (χ1n) is 6.45. The SMILES string of the molecule is Nc1cccc(CN(c2nc(C(F)(F)F)ns2)C2CC2)c1. The van der Waals surface area contributed by atoms with Gasteiger partial charge in [0, 0.05) is 29.8 Å². The fourth-order valence-electron chi connectivity index (χ4n) is 2.07. The molecule has 0 unspecified atom stereocenters. The first-order chi connectivity index (χ1) is 9.93. The molecule has 1 fully saturated rings. The number of halogens is 3. The lowest BCUT2D eigenvalue weighted by atomic mass is 10.2. The molecule has 0 bridgehead atoms. The quantitative estimate of drug-likeness (QED) is 0.880. The van der Waals surface area contributed by atoms with Gasteiger partial charge in [-0.3, -0.25) is 0 Å². The van der Waals surface area contributed by atoms with Gasteiger partial charge in [0.2, 0.25) is 11.0 Å².